The first kappa shape index (κ1) is 19.7. The van der Waals surface area contributed by atoms with Crippen molar-refractivity contribution < 1.29 is 18.3 Å². The number of hydrogen-bond acceptors (Lipinski definition) is 5. The average molecular weight is 394 g/mol. The lowest BCUT2D eigenvalue weighted by Gasteiger charge is -2.41. The summed E-state index contributed by atoms with van der Waals surface area (Å²) in [4.78, 5) is 13.9. The van der Waals surface area contributed by atoms with E-state index in [0.29, 0.717) is 31.8 Å². The SMILES string of the molecule is C[C@H](NC1=CC(O)N(C2CCN(S(C)(=O)=O)CC2)C(=O)N1)c1ccccc1. The minimum absolute atomic E-state index is 0.0329. The van der Waals surface area contributed by atoms with Gasteiger partial charge < -0.3 is 10.4 Å². The fourth-order valence-corrected chi connectivity index (χ4v) is 4.42. The summed E-state index contributed by atoms with van der Waals surface area (Å²) in [7, 11) is -3.23. The predicted molar refractivity (Wildman–Crippen MR) is 102 cm³/mol. The number of nitrogens with one attached hydrogen (secondary N) is 2. The number of nitrogens with zero attached hydrogens (tertiary/aromatic N) is 2. The molecule has 3 rings (SSSR count). The molecule has 1 aromatic carbocycles. The Balaban J connectivity index is 1.63. The highest BCUT2D eigenvalue weighted by Gasteiger charge is 2.36. The summed E-state index contributed by atoms with van der Waals surface area (Å²) >= 11 is 0. The van der Waals surface area contributed by atoms with Crippen LogP contribution in [0.1, 0.15) is 31.4 Å². The van der Waals surface area contributed by atoms with E-state index < -0.39 is 16.3 Å². The molecule has 9 heteroatoms. The van der Waals surface area contributed by atoms with E-state index in [1.165, 1.54) is 15.5 Å². The number of carbonyl (C=O) groups is 1. The molecule has 0 spiro atoms. The van der Waals surface area contributed by atoms with Crippen LogP contribution in [0.25, 0.3) is 0 Å². The minimum Gasteiger partial charge on any atom is -0.370 e. The zero-order chi connectivity index (χ0) is 19.6. The van der Waals surface area contributed by atoms with E-state index in [-0.39, 0.29) is 18.1 Å². The van der Waals surface area contributed by atoms with E-state index >= 15 is 0 Å². The maximum absolute atomic E-state index is 12.6. The molecular formula is C18H26N4O4S. The van der Waals surface area contributed by atoms with Crippen molar-refractivity contribution in [2.24, 2.45) is 0 Å². The molecule has 148 valence electrons. The Morgan fingerprint density at radius 3 is 2.41 bits per heavy atom. The number of aliphatic hydroxyl groups is 1. The van der Waals surface area contributed by atoms with Gasteiger partial charge in [0.25, 0.3) is 0 Å². The standard InChI is InChI=1S/C18H26N4O4S/c1-13(14-6-4-3-5-7-14)19-16-12-17(23)22(18(24)20-16)15-8-10-21(11-9-15)27(2,25)26/h3-7,12-13,15,17,19,23H,8-11H2,1-2H3,(H,20,24)/t13-,17?/m0/s1. The number of urea groups is 1. The molecule has 2 atom stereocenters. The van der Waals surface area contributed by atoms with Gasteiger partial charge in [-0.2, -0.15) is 0 Å². The molecule has 1 fully saturated rings. The molecule has 0 radical (unpaired) electrons. The molecule has 0 aliphatic carbocycles. The zero-order valence-corrected chi connectivity index (χ0v) is 16.3. The van der Waals surface area contributed by atoms with Crippen LogP contribution in [0.4, 0.5) is 4.79 Å². The summed E-state index contributed by atoms with van der Waals surface area (Å²) in [6, 6.07) is 9.18. The van der Waals surface area contributed by atoms with Crippen LogP contribution in [0.2, 0.25) is 0 Å². The number of hydrogen-bond donors (Lipinski definition) is 3. The lowest BCUT2D eigenvalue weighted by atomic mass is 10.0. The summed E-state index contributed by atoms with van der Waals surface area (Å²) in [6.07, 6.45) is 2.69. The Hall–Kier alpha value is -2.10. The van der Waals surface area contributed by atoms with Crippen molar-refractivity contribution in [3.63, 3.8) is 0 Å². The van der Waals surface area contributed by atoms with Gasteiger partial charge in [0.2, 0.25) is 10.0 Å². The lowest BCUT2D eigenvalue weighted by molar-refractivity contribution is 0.0194. The molecule has 1 aromatic rings. The van der Waals surface area contributed by atoms with Crippen LogP contribution in [0.5, 0.6) is 0 Å². The smallest absolute Gasteiger partial charge is 0.325 e. The fourth-order valence-electron chi connectivity index (χ4n) is 3.55. The van der Waals surface area contributed by atoms with Crippen molar-refractivity contribution in [2.75, 3.05) is 19.3 Å². The normalized spacial score (nSPS) is 23.5. The quantitative estimate of drug-likeness (QED) is 0.690. The molecular weight excluding hydrogens is 368 g/mol. The monoisotopic (exact) mass is 394 g/mol. The van der Waals surface area contributed by atoms with Gasteiger partial charge >= 0.3 is 6.03 Å². The number of aliphatic hydroxyl groups excluding tert-OH is 1. The van der Waals surface area contributed by atoms with Crippen LogP contribution in [0.3, 0.4) is 0 Å². The average Bonchev–Trinajstić information content (AvgIpc) is 2.61. The van der Waals surface area contributed by atoms with Gasteiger partial charge in [-0.3, -0.25) is 10.2 Å². The van der Waals surface area contributed by atoms with Gasteiger partial charge in [-0.1, -0.05) is 30.3 Å². The van der Waals surface area contributed by atoms with Gasteiger partial charge in [0, 0.05) is 31.2 Å². The van der Waals surface area contributed by atoms with Gasteiger partial charge in [0.1, 0.15) is 5.82 Å². The Morgan fingerprint density at radius 1 is 1.22 bits per heavy atom. The number of carbonyl (C=O) groups excluding carboxylic acids is 1. The van der Waals surface area contributed by atoms with E-state index in [4.69, 9.17) is 0 Å². The van der Waals surface area contributed by atoms with Crippen molar-refractivity contribution in [2.45, 2.75) is 38.1 Å². The zero-order valence-electron chi connectivity index (χ0n) is 15.5. The number of amides is 2. The highest BCUT2D eigenvalue weighted by molar-refractivity contribution is 7.88. The van der Waals surface area contributed by atoms with E-state index in [9.17, 15) is 18.3 Å². The lowest BCUT2D eigenvalue weighted by Crippen LogP contribution is -2.58. The van der Waals surface area contributed by atoms with Crippen molar-refractivity contribution in [1.82, 2.24) is 19.8 Å². The second-order valence-electron chi connectivity index (χ2n) is 7.00. The molecule has 0 aromatic heterocycles. The molecule has 27 heavy (non-hydrogen) atoms. The van der Waals surface area contributed by atoms with Gasteiger partial charge in [-0.05, 0) is 25.3 Å². The molecule has 0 saturated carbocycles. The van der Waals surface area contributed by atoms with Crippen LogP contribution in [-0.4, -0.2) is 60.4 Å². The first-order valence-corrected chi connectivity index (χ1v) is 10.9. The summed E-state index contributed by atoms with van der Waals surface area (Å²) in [5, 5.41) is 16.5. The van der Waals surface area contributed by atoms with E-state index in [2.05, 4.69) is 10.6 Å². The summed E-state index contributed by atoms with van der Waals surface area (Å²) < 4.78 is 24.7. The summed E-state index contributed by atoms with van der Waals surface area (Å²) in [6.45, 7) is 2.67. The maximum atomic E-state index is 12.6. The molecule has 2 amide bonds. The highest BCUT2D eigenvalue weighted by atomic mass is 32.2. The summed E-state index contributed by atoms with van der Waals surface area (Å²) in [5.74, 6) is 0.466. The van der Waals surface area contributed by atoms with Gasteiger partial charge in [0.05, 0.1) is 6.26 Å². The number of rotatable bonds is 5. The first-order valence-electron chi connectivity index (χ1n) is 9.01. The maximum Gasteiger partial charge on any atom is 0.325 e. The molecule has 1 unspecified atom stereocenters. The molecule has 3 N–H and O–H groups in total. The van der Waals surface area contributed by atoms with Gasteiger partial charge in [-0.25, -0.2) is 17.5 Å². The third-order valence-electron chi connectivity index (χ3n) is 5.03. The predicted octanol–water partition coefficient (Wildman–Crippen LogP) is 0.946. The van der Waals surface area contributed by atoms with Gasteiger partial charge in [0.15, 0.2) is 6.23 Å². The second-order valence-corrected chi connectivity index (χ2v) is 8.98. The Bertz CT molecular complexity index is 804. The number of benzene rings is 1. The van der Waals surface area contributed by atoms with Crippen LogP contribution in [0.15, 0.2) is 42.2 Å². The third-order valence-corrected chi connectivity index (χ3v) is 6.34. The largest absolute Gasteiger partial charge is 0.370 e. The van der Waals surface area contributed by atoms with E-state index in [0.717, 1.165) is 5.56 Å². The molecule has 8 nitrogen and oxygen atoms in total. The Kier molecular flexibility index (Phi) is 5.73. The molecule has 1 saturated heterocycles. The molecule has 2 aliphatic heterocycles. The van der Waals surface area contributed by atoms with Crippen molar-refractivity contribution in [3.05, 3.63) is 47.8 Å². The number of sulfonamides is 1. The van der Waals surface area contributed by atoms with Crippen LogP contribution < -0.4 is 10.6 Å². The van der Waals surface area contributed by atoms with Crippen molar-refractivity contribution in [3.8, 4) is 0 Å². The van der Waals surface area contributed by atoms with Crippen LogP contribution in [-0.2, 0) is 10.0 Å². The van der Waals surface area contributed by atoms with Crippen molar-refractivity contribution >= 4 is 16.1 Å². The second kappa shape index (κ2) is 7.87. The summed E-state index contributed by atoms with van der Waals surface area (Å²) in [5.41, 5.74) is 1.07. The van der Waals surface area contributed by atoms with Crippen LogP contribution in [0, 0.1) is 0 Å². The van der Waals surface area contributed by atoms with Crippen molar-refractivity contribution in [1.29, 1.82) is 0 Å². The highest BCUT2D eigenvalue weighted by Crippen LogP contribution is 2.23. The number of piperidine rings is 1. The Morgan fingerprint density at radius 2 is 1.85 bits per heavy atom. The first-order chi connectivity index (χ1) is 12.8. The fraction of sp³-hybridized carbons (Fsp3) is 0.500. The molecule has 2 heterocycles. The van der Waals surface area contributed by atoms with E-state index in [1.807, 2.05) is 37.3 Å². The van der Waals surface area contributed by atoms with Gasteiger partial charge in [-0.15, -0.1) is 0 Å². The van der Waals surface area contributed by atoms with E-state index in [1.54, 1.807) is 6.08 Å². The molecule has 0 bridgehead atoms. The minimum atomic E-state index is -3.23. The topological polar surface area (TPSA) is 102 Å². The molecule has 2 aliphatic rings. The third kappa shape index (κ3) is 4.60. The van der Waals surface area contributed by atoms with Crippen LogP contribution >= 0.6 is 0 Å². The Labute approximate surface area is 159 Å².